The van der Waals surface area contributed by atoms with Crippen LogP contribution in [0.15, 0.2) is 18.2 Å². The van der Waals surface area contributed by atoms with Gasteiger partial charge in [-0.2, -0.15) is 0 Å². The zero-order chi connectivity index (χ0) is 14.5. The average Bonchev–Trinajstić information content (AvgIpc) is 2.42. The molecule has 0 spiro atoms. The minimum absolute atomic E-state index is 0.0218. The van der Waals surface area contributed by atoms with E-state index >= 15 is 0 Å². The molecule has 110 valence electrons. The quantitative estimate of drug-likeness (QED) is 0.891. The van der Waals surface area contributed by atoms with E-state index in [-0.39, 0.29) is 23.7 Å². The van der Waals surface area contributed by atoms with Crippen molar-refractivity contribution in [3.8, 4) is 5.75 Å². The molecule has 5 heteroatoms. The largest absolute Gasteiger partial charge is 0.489 e. The molecule has 1 heterocycles. The highest BCUT2D eigenvalue weighted by molar-refractivity contribution is 5.94. The molecule has 0 bridgehead atoms. The number of anilines is 1. The van der Waals surface area contributed by atoms with Gasteiger partial charge in [0, 0.05) is 12.0 Å². The van der Waals surface area contributed by atoms with E-state index in [4.69, 9.17) is 4.74 Å². The van der Waals surface area contributed by atoms with Crippen molar-refractivity contribution < 1.29 is 13.9 Å². The minimum atomic E-state index is -0.387. The van der Waals surface area contributed by atoms with E-state index < -0.39 is 0 Å². The summed E-state index contributed by atoms with van der Waals surface area (Å²) in [6.07, 6.45) is 1.58. The molecule has 2 rings (SSSR count). The lowest BCUT2D eigenvalue weighted by molar-refractivity contribution is -0.120. The van der Waals surface area contributed by atoms with E-state index in [1.54, 1.807) is 6.07 Å². The van der Waals surface area contributed by atoms with Crippen molar-refractivity contribution in [2.75, 3.05) is 18.4 Å². The number of carbonyl (C=O) groups is 1. The predicted octanol–water partition coefficient (Wildman–Crippen LogP) is 2.55. The Hall–Kier alpha value is -1.62. The zero-order valence-corrected chi connectivity index (χ0v) is 11.9. The Bertz CT molecular complexity index is 471. The summed E-state index contributed by atoms with van der Waals surface area (Å²) in [4.78, 5) is 12.2. The van der Waals surface area contributed by atoms with Gasteiger partial charge in [0.2, 0.25) is 5.91 Å². The third-order valence-electron chi connectivity index (χ3n) is 3.27. The van der Waals surface area contributed by atoms with E-state index in [1.807, 2.05) is 13.8 Å². The van der Waals surface area contributed by atoms with Crippen LogP contribution in [-0.2, 0) is 4.79 Å². The second-order valence-corrected chi connectivity index (χ2v) is 5.32. The molecular weight excluding hydrogens is 259 g/mol. The van der Waals surface area contributed by atoms with Crippen LogP contribution < -0.4 is 15.4 Å². The fraction of sp³-hybridized carbons (Fsp3) is 0.533. The van der Waals surface area contributed by atoms with E-state index in [2.05, 4.69) is 10.6 Å². The van der Waals surface area contributed by atoms with Gasteiger partial charge in [-0.05, 0) is 51.9 Å². The summed E-state index contributed by atoms with van der Waals surface area (Å²) in [5.41, 5.74) is 0.405. The minimum Gasteiger partial charge on any atom is -0.489 e. The predicted molar refractivity (Wildman–Crippen MR) is 76.4 cm³/mol. The van der Waals surface area contributed by atoms with Crippen molar-refractivity contribution in [3.63, 3.8) is 0 Å². The molecule has 2 N–H and O–H groups in total. The monoisotopic (exact) mass is 280 g/mol. The van der Waals surface area contributed by atoms with E-state index in [0.29, 0.717) is 11.4 Å². The van der Waals surface area contributed by atoms with E-state index in [0.717, 1.165) is 25.9 Å². The number of halogens is 1. The molecule has 0 atom stereocenters. The van der Waals surface area contributed by atoms with Crippen LogP contribution in [0, 0.1) is 11.7 Å². The van der Waals surface area contributed by atoms with Gasteiger partial charge < -0.3 is 15.4 Å². The number of amides is 1. The molecule has 0 unspecified atom stereocenters. The second-order valence-electron chi connectivity index (χ2n) is 5.32. The average molecular weight is 280 g/mol. The first-order valence-electron chi connectivity index (χ1n) is 7.04. The smallest absolute Gasteiger partial charge is 0.227 e. The van der Waals surface area contributed by atoms with Crippen molar-refractivity contribution in [2.45, 2.75) is 32.8 Å². The number of hydrogen-bond donors (Lipinski definition) is 2. The number of nitrogens with one attached hydrogen (secondary N) is 2. The molecule has 1 saturated heterocycles. The summed E-state index contributed by atoms with van der Waals surface area (Å²) in [5, 5.41) is 6.01. The Labute approximate surface area is 118 Å². The van der Waals surface area contributed by atoms with Crippen molar-refractivity contribution in [3.05, 3.63) is 24.0 Å². The fourth-order valence-corrected chi connectivity index (χ4v) is 2.28. The third kappa shape index (κ3) is 3.93. The van der Waals surface area contributed by atoms with E-state index in [9.17, 15) is 9.18 Å². The molecule has 1 fully saturated rings. The molecular formula is C15H21FN2O2. The fourth-order valence-electron chi connectivity index (χ4n) is 2.28. The Morgan fingerprint density at radius 2 is 2.10 bits per heavy atom. The van der Waals surface area contributed by atoms with Crippen LogP contribution in [0.25, 0.3) is 0 Å². The number of carbonyl (C=O) groups excluding carboxylic acids is 1. The summed E-state index contributed by atoms with van der Waals surface area (Å²) in [6.45, 7) is 5.47. The van der Waals surface area contributed by atoms with Gasteiger partial charge in [-0.1, -0.05) is 0 Å². The van der Waals surface area contributed by atoms with Crippen molar-refractivity contribution in [2.24, 2.45) is 5.92 Å². The number of rotatable bonds is 4. The highest BCUT2D eigenvalue weighted by Gasteiger charge is 2.22. The summed E-state index contributed by atoms with van der Waals surface area (Å²) in [6, 6.07) is 4.18. The molecule has 0 aliphatic carbocycles. The maximum atomic E-state index is 13.4. The molecule has 0 aromatic heterocycles. The SMILES string of the molecule is CC(C)Oc1ccc(F)cc1NC(=O)C1CCNCC1. The third-order valence-corrected chi connectivity index (χ3v) is 3.27. The van der Waals surface area contributed by atoms with Crippen LogP contribution in [0.3, 0.4) is 0 Å². The highest BCUT2D eigenvalue weighted by atomic mass is 19.1. The lowest BCUT2D eigenvalue weighted by Crippen LogP contribution is -2.34. The molecule has 0 saturated carbocycles. The second kappa shape index (κ2) is 6.70. The summed E-state index contributed by atoms with van der Waals surface area (Å²) in [5.74, 6) is 0.0301. The molecule has 1 aliphatic heterocycles. The van der Waals surface area contributed by atoms with Crippen LogP contribution >= 0.6 is 0 Å². The summed E-state index contributed by atoms with van der Waals surface area (Å²) in [7, 11) is 0. The van der Waals surface area contributed by atoms with Crippen LogP contribution in [0.4, 0.5) is 10.1 Å². The highest BCUT2D eigenvalue weighted by Crippen LogP contribution is 2.27. The van der Waals surface area contributed by atoms with Crippen molar-refractivity contribution >= 4 is 11.6 Å². The van der Waals surface area contributed by atoms with Gasteiger partial charge in [0.1, 0.15) is 11.6 Å². The lowest BCUT2D eigenvalue weighted by Gasteiger charge is -2.22. The van der Waals surface area contributed by atoms with Crippen LogP contribution in [0.2, 0.25) is 0 Å². The first kappa shape index (κ1) is 14.8. The van der Waals surface area contributed by atoms with Crippen molar-refractivity contribution in [1.82, 2.24) is 5.32 Å². The number of ether oxygens (including phenoxy) is 1. The first-order chi connectivity index (χ1) is 9.56. The number of benzene rings is 1. The molecule has 1 aliphatic rings. The van der Waals surface area contributed by atoms with Gasteiger partial charge >= 0.3 is 0 Å². The normalized spacial score (nSPS) is 16.2. The molecule has 1 aromatic carbocycles. The van der Waals surface area contributed by atoms with Crippen LogP contribution in [-0.4, -0.2) is 25.1 Å². The Kier molecular flexibility index (Phi) is 4.95. The summed E-state index contributed by atoms with van der Waals surface area (Å²) < 4.78 is 19.0. The van der Waals surface area contributed by atoms with Crippen molar-refractivity contribution in [1.29, 1.82) is 0 Å². The molecule has 4 nitrogen and oxygen atoms in total. The molecule has 1 aromatic rings. The summed E-state index contributed by atoms with van der Waals surface area (Å²) >= 11 is 0. The zero-order valence-electron chi connectivity index (χ0n) is 11.9. The van der Waals surface area contributed by atoms with Crippen LogP contribution in [0.1, 0.15) is 26.7 Å². The number of hydrogen-bond acceptors (Lipinski definition) is 3. The molecule has 20 heavy (non-hydrogen) atoms. The van der Waals surface area contributed by atoms with Gasteiger partial charge in [0.15, 0.2) is 0 Å². The first-order valence-corrected chi connectivity index (χ1v) is 7.04. The molecule has 1 amide bonds. The standard InChI is InChI=1S/C15H21FN2O2/c1-10(2)20-14-4-3-12(16)9-13(14)18-15(19)11-5-7-17-8-6-11/h3-4,9-11,17H,5-8H2,1-2H3,(H,18,19). The Morgan fingerprint density at radius 3 is 2.75 bits per heavy atom. The number of piperidine rings is 1. The van der Waals surface area contributed by atoms with Gasteiger partial charge in [-0.25, -0.2) is 4.39 Å². The Morgan fingerprint density at radius 1 is 1.40 bits per heavy atom. The molecule has 0 radical (unpaired) electrons. The van der Waals surface area contributed by atoms with Gasteiger partial charge in [-0.15, -0.1) is 0 Å². The van der Waals surface area contributed by atoms with Gasteiger partial charge in [-0.3, -0.25) is 4.79 Å². The van der Waals surface area contributed by atoms with Crippen LogP contribution in [0.5, 0.6) is 5.75 Å². The topological polar surface area (TPSA) is 50.4 Å². The van der Waals surface area contributed by atoms with Gasteiger partial charge in [0.05, 0.1) is 11.8 Å². The van der Waals surface area contributed by atoms with E-state index in [1.165, 1.54) is 12.1 Å². The van der Waals surface area contributed by atoms with Gasteiger partial charge in [0.25, 0.3) is 0 Å². The lowest BCUT2D eigenvalue weighted by atomic mass is 9.97. The maximum Gasteiger partial charge on any atom is 0.227 e. The maximum absolute atomic E-state index is 13.4. The Balaban J connectivity index is 2.10.